The third-order valence-electron chi connectivity index (χ3n) is 5.48. The van der Waals surface area contributed by atoms with Gasteiger partial charge in [0.2, 0.25) is 0 Å². The molecule has 0 spiro atoms. The molecule has 0 amide bonds. The lowest BCUT2D eigenvalue weighted by atomic mass is 9.98. The first kappa shape index (κ1) is 28.3. The van der Waals surface area contributed by atoms with Crippen LogP contribution >= 0.6 is 15.6 Å². The van der Waals surface area contributed by atoms with Crippen LogP contribution in [-0.2, 0) is 32.0 Å². The molecule has 1 aromatic heterocycles. The third-order valence-corrected chi connectivity index (χ3v) is 8.01. The van der Waals surface area contributed by atoms with Crippen LogP contribution in [0.4, 0.5) is 0 Å². The first-order valence-corrected chi connectivity index (χ1v) is 13.2. The maximum Gasteiger partial charge on any atom is 0.330 e. The molecule has 2 fully saturated rings. The van der Waals surface area contributed by atoms with Crippen LogP contribution in [0.5, 0.6) is 0 Å². The topological polar surface area (TPSA) is 270 Å². The predicted octanol–water partition coefficient (Wildman–Crippen LogP) is -4.44. The van der Waals surface area contributed by atoms with E-state index in [0.717, 1.165) is 4.57 Å². The maximum atomic E-state index is 12.1. The first-order valence-electron chi connectivity index (χ1n) is 10.3. The van der Waals surface area contributed by atoms with Gasteiger partial charge in [-0.3, -0.25) is 28.0 Å². The average Bonchev–Trinajstić information content (AvgIpc) is 3.11. The number of aromatic amines is 1. The smallest absolute Gasteiger partial charge is 0.330 e. The van der Waals surface area contributed by atoms with Gasteiger partial charge in [0.1, 0.15) is 24.5 Å². The number of nitrogens with zero attached hydrogens (tertiary/aromatic N) is 1. The number of hydrogen-bond acceptors (Lipinski definition) is 14. The van der Waals surface area contributed by atoms with Crippen molar-refractivity contribution in [3.63, 3.8) is 0 Å². The van der Waals surface area contributed by atoms with Crippen molar-refractivity contribution in [3.05, 3.63) is 32.6 Å². The van der Waals surface area contributed by atoms with Crippen molar-refractivity contribution in [2.24, 2.45) is 0 Å². The van der Waals surface area contributed by atoms with Gasteiger partial charge in [-0.1, -0.05) is 0 Å². The Labute approximate surface area is 197 Å². The molecule has 35 heavy (non-hydrogen) atoms. The number of aliphatic hydroxyl groups excluding tert-OH is 3. The van der Waals surface area contributed by atoms with Gasteiger partial charge in [-0.25, -0.2) is 9.11 Å². The molecule has 0 saturated carbocycles. The lowest BCUT2D eigenvalue weighted by Crippen LogP contribution is -2.77. The van der Waals surface area contributed by atoms with E-state index in [9.17, 15) is 43.8 Å². The summed E-state index contributed by atoms with van der Waals surface area (Å²) >= 11 is 0. The summed E-state index contributed by atoms with van der Waals surface area (Å²) in [6.07, 6.45) is -8.52. The fourth-order valence-corrected chi connectivity index (χ4v) is 5.59. The summed E-state index contributed by atoms with van der Waals surface area (Å²) in [5, 5.41) is 29.9. The van der Waals surface area contributed by atoms with Crippen molar-refractivity contribution in [1.29, 1.82) is 0 Å². The Balaban J connectivity index is 1.59. The molecule has 3 heterocycles. The van der Waals surface area contributed by atoms with Crippen LogP contribution in [0.2, 0.25) is 0 Å². The molecule has 2 unspecified atom stereocenters. The van der Waals surface area contributed by atoms with Gasteiger partial charge in [0.05, 0.1) is 18.8 Å². The molecule has 2 aliphatic heterocycles. The van der Waals surface area contributed by atoms with E-state index in [1.165, 1.54) is 20.0 Å². The summed E-state index contributed by atoms with van der Waals surface area (Å²) in [5.74, 6) is 0. The number of aromatic nitrogens is 2. The standard InChI is InChI=1S/C16H27N3O14P2/c1-6-4-19(16(24)18-14(6)23)10-3-8(20)9(31-10)5-29-34(25,26)33-35(27,28)32-15-13(22)11(17)12(21)7(2)30-15/h4,7-13,15,20-22H,3,5,17H2,1-2H3,(H,25,26)(H,27,28)(H,18,23,24)/p-1/t7-,8+,9-,10-,11+,12+,13-,15-/m1/s1. The van der Waals surface area contributed by atoms with E-state index in [0.29, 0.717) is 0 Å². The molecule has 7 N–H and O–H groups in total. The van der Waals surface area contributed by atoms with Gasteiger partial charge in [0, 0.05) is 18.2 Å². The van der Waals surface area contributed by atoms with E-state index in [1.807, 2.05) is 0 Å². The minimum atomic E-state index is -5.67. The van der Waals surface area contributed by atoms with Crippen LogP contribution in [0.25, 0.3) is 0 Å². The maximum absolute atomic E-state index is 12.1. The molecule has 0 bridgehead atoms. The van der Waals surface area contributed by atoms with E-state index in [4.69, 9.17) is 9.47 Å². The van der Waals surface area contributed by atoms with Gasteiger partial charge in [0.15, 0.2) is 12.4 Å². The number of aryl methyl sites for hydroxylation is 1. The average molecular weight is 546 g/mol. The SMILES string of the molecule is Cc1cn([C@H]2C[C@H](O)[C@@H](COP(=O)([O-])OP(=O)([O-])O[C@H]3O[C@H](C)[C@H](O)[C@H]([NH3+])[C@H]3O)O2)c(=O)[nH]c1=O. The lowest BCUT2D eigenvalue weighted by Gasteiger charge is -2.40. The van der Waals surface area contributed by atoms with Crippen LogP contribution in [0.15, 0.2) is 15.8 Å². The molecule has 10 atom stereocenters. The highest BCUT2D eigenvalue weighted by Crippen LogP contribution is 2.56. The van der Waals surface area contributed by atoms with Gasteiger partial charge < -0.3 is 44.8 Å². The molecule has 17 nitrogen and oxygen atoms in total. The molecule has 200 valence electrons. The summed E-state index contributed by atoms with van der Waals surface area (Å²) in [6.45, 7) is 1.90. The second-order valence-electron chi connectivity index (χ2n) is 8.14. The van der Waals surface area contributed by atoms with Gasteiger partial charge in [-0.05, 0) is 13.8 Å². The highest BCUT2D eigenvalue weighted by Gasteiger charge is 2.46. The number of aliphatic hydroxyl groups is 3. The number of rotatable bonds is 8. The first-order chi connectivity index (χ1) is 16.1. The van der Waals surface area contributed by atoms with Crippen LogP contribution in [0, 0.1) is 6.92 Å². The Bertz CT molecular complexity index is 1130. The predicted molar refractivity (Wildman–Crippen MR) is 107 cm³/mol. The number of phosphoric acid groups is 2. The van der Waals surface area contributed by atoms with Crippen molar-refractivity contribution in [1.82, 2.24) is 9.55 Å². The summed E-state index contributed by atoms with van der Waals surface area (Å²) in [7, 11) is -11.3. The fraction of sp³-hybridized carbons (Fsp3) is 0.750. The summed E-state index contributed by atoms with van der Waals surface area (Å²) in [6, 6.07) is -1.10. The zero-order valence-electron chi connectivity index (χ0n) is 18.5. The van der Waals surface area contributed by atoms with Crippen molar-refractivity contribution in [2.75, 3.05) is 6.61 Å². The summed E-state index contributed by atoms with van der Waals surface area (Å²) < 4.78 is 48.5. The monoisotopic (exact) mass is 546 g/mol. The Kier molecular flexibility index (Phi) is 8.56. The lowest BCUT2D eigenvalue weighted by molar-refractivity contribution is -0.485. The molecule has 2 aliphatic rings. The van der Waals surface area contributed by atoms with E-state index in [1.54, 1.807) is 0 Å². The van der Waals surface area contributed by atoms with Crippen molar-refractivity contribution in [2.45, 2.75) is 69.3 Å². The van der Waals surface area contributed by atoms with Crippen molar-refractivity contribution < 1.29 is 62.8 Å². The molecule has 19 heteroatoms. The Morgan fingerprint density at radius 1 is 1.20 bits per heavy atom. The van der Waals surface area contributed by atoms with Crippen LogP contribution in [-0.4, -0.2) is 74.3 Å². The van der Waals surface area contributed by atoms with Crippen LogP contribution in [0.3, 0.4) is 0 Å². The zero-order chi connectivity index (χ0) is 26.3. The molecule has 3 rings (SSSR count). The minimum Gasteiger partial charge on any atom is -0.756 e. The van der Waals surface area contributed by atoms with E-state index in [-0.39, 0.29) is 12.0 Å². The number of ether oxygens (including phenoxy) is 2. The Morgan fingerprint density at radius 3 is 2.51 bits per heavy atom. The molecular formula is C16H26N3O14P2-. The number of nitrogens with one attached hydrogen (secondary N) is 1. The quantitative estimate of drug-likeness (QED) is 0.193. The zero-order valence-corrected chi connectivity index (χ0v) is 20.3. The molecule has 2 saturated heterocycles. The van der Waals surface area contributed by atoms with Crippen LogP contribution in [0.1, 0.15) is 25.1 Å². The van der Waals surface area contributed by atoms with Gasteiger partial charge in [0.25, 0.3) is 21.2 Å². The highest BCUT2D eigenvalue weighted by molar-refractivity contribution is 7.59. The van der Waals surface area contributed by atoms with Gasteiger partial charge >= 0.3 is 5.69 Å². The molecule has 0 aromatic carbocycles. The van der Waals surface area contributed by atoms with Crippen molar-refractivity contribution in [3.8, 4) is 0 Å². The Hall–Kier alpha value is -1.30. The number of hydrogen-bond donors (Lipinski definition) is 5. The van der Waals surface area contributed by atoms with Crippen molar-refractivity contribution >= 4 is 15.6 Å². The largest absolute Gasteiger partial charge is 0.756 e. The van der Waals surface area contributed by atoms with E-state index in [2.05, 4.69) is 24.1 Å². The summed E-state index contributed by atoms with van der Waals surface area (Å²) in [4.78, 5) is 49.6. The molecular weight excluding hydrogens is 520 g/mol. The highest BCUT2D eigenvalue weighted by atomic mass is 31.3. The molecule has 1 aromatic rings. The minimum absolute atomic E-state index is 0.167. The number of H-pyrrole nitrogens is 1. The molecule has 0 aliphatic carbocycles. The van der Waals surface area contributed by atoms with E-state index < -0.39 is 82.6 Å². The second-order valence-corrected chi connectivity index (χ2v) is 11.1. The number of phosphoric ester groups is 2. The van der Waals surface area contributed by atoms with Gasteiger partial charge in [-0.2, -0.15) is 0 Å². The second kappa shape index (κ2) is 10.6. The summed E-state index contributed by atoms with van der Waals surface area (Å²) in [5.41, 5.74) is 2.24. The molecule has 0 radical (unpaired) electrons. The fourth-order valence-electron chi connectivity index (χ4n) is 3.50. The number of quaternary nitrogens is 1. The normalized spacial score (nSPS) is 37.0. The van der Waals surface area contributed by atoms with Gasteiger partial charge in [-0.15, -0.1) is 0 Å². The van der Waals surface area contributed by atoms with E-state index >= 15 is 0 Å². The van der Waals surface area contributed by atoms with Crippen LogP contribution < -0.4 is 26.8 Å². The third kappa shape index (κ3) is 6.72. The Morgan fingerprint density at radius 2 is 1.86 bits per heavy atom.